The normalized spacial score (nSPS) is 10.3. The minimum Gasteiger partial charge on any atom is -0.465 e. The maximum absolute atomic E-state index is 13.8. The number of anilines is 2. The average Bonchev–Trinajstić information content (AvgIpc) is 2.61. The molecule has 1 amide bonds. The lowest BCUT2D eigenvalue weighted by molar-refractivity contribution is -0.114. The summed E-state index contributed by atoms with van der Waals surface area (Å²) in [5.41, 5.74) is 0.0658. The molecule has 9 heteroatoms. The summed E-state index contributed by atoms with van der Waals surface area (Å²) in [6.45, 7) is -3.41. The fourth-order valence-corrected chi connectivity index (χ4v) is 2.04. The number of ether oxygens (including phenoxy) is 2. The minimum absolute atomic E-state index is 0.0448. The Morgan fingerprint density at radius 2 is 1.85 bits per heavy atom. The van der Waals surface area contributed by atoms with Crippen molar-refractivity contribution in [2.45, 2.75) is 6.61 Å². The van der Waals surface area contributed by atoms with E-state index in [0.29, 0.717) is 0 Å². The van der Waals surface area contributed by atoms with Crippen LogP contribution in [-0.4, -0.2) is 32.1 Å². The summed E-state index contributed by atoms with van der Waals surface area (Å²) in [6.07, 6.45) is 0. The highest BCUT2D eigenvalue weighted by molar-refractivity contribution is 5.95. The Morgan fingerprint density at radius 3 is 2.54 bits per heavy atom. The molecule has 2 N–H and O–H groups in total. The lowest BCUT2D eigenvalue weighted by Gasteiger charge is -2.13. The van der Waals surface area contributed by atoms with Crippen LogP contribution in [0.2, 0.25) is 0 Å². The van der Waals surface area contributed by atoms with Gasteiger partial charge in [-0.1, -0.05) is 12.1 Å². The van der Waals surface area contributed by atoms with E-state index in [0.717, 1.165) is 6.07 Å². The van der Waals surface area contributed by atoms with Gasteiger partial charge in [0.2, 0.25) is 5.91 Å². The van der Waals surface area contributed by atoms with Crippen molar-refractivity contribution in [2.75, 3.05) is 24.3 Å². The Bertz CT molecular complexity index is 799. The molecular formula is C17H15F3N2O4. The molecule has 2 aromatic rings. The molecule has 0 saturated heterocycles. The maximum Gasteiger partial charge on any atom is 0.387 e. The van der Waals surface area contributed by atoms with Gasteiger partial charge in [0, 0.05) is 0 Å². The first-order chi connectivity index (χ1) is 12.4. The molecule has 0 spiro atoms. The number of nitrogens with one attached hydrogen (secondary N) is 2. The number of carbonyl (C=O) groups excluding carboxylic acids is 2. The molecule has 0 aromatic heterocycles. The first kappa shape index (κ1) is 19.1. The molecule has 0 fully saturated rings. The second-order valence-corrected chi connectivity index (χ2v) is 4.96. The van der Waals surface area contributed by atoms with Gasteiger partial charge in [0.15, 0.2) is 0 Å². The van der Waals surface area contributed by atoms with Crippen LogP contribution in [0.15, 0.2) is 42.5 Å². The summed E-state index contributed by atoms with van der Waals surface area (Å²) in [7, 11) is 1.19. The summed E-state index contributed by atoms with van der Waals surface area (Å²) in [6, 6.07) is 9.15. The van der Waals surface area contributed by atoms with Gasteiger partial charge < -0.3 is 20.1 Å². The fraction of sp³-hybridized carbons (Fsp3) is 0.176. The lowest BCUT2D eigenvalue weighted by Crippen LogP contribution is -2.23. The highest BCUT2D eigenvalue weighted by Crippen LogP contribution is 2.25. The lowest BCUT2D eigenvalue weighted by atomic mass is 10.2. The Hall–Kier alpha value is -3.23. The zero-order chi connectivity index (χ0) is 19.1. The molecule has 26 heavy (non-hydrogen) atoms. The SMILES string of the molecule is COC(=O)c1ccc(F)c(NCC(=O)Nc2ccccc2OC(F)F)c1. The standard InChI is InChI=1S/C17H15F3N2O4/c1-25-16(24)10-6-7-11(18)13(8-10)21-9-15(23)22-12-4-2-3-5-14(12)26-17(19)20/h2-8,17,21H,9H2,1H3,(H,22,23). The number of methoxy groups -OCH3 is 1. The first-order valence-electron chi connectivity index (χ1n) is 7.36. The maximum atomic E-state index is 13.8. The van der Waals surface area contributed by atoms with E-state index in [1.54, 1.807) is 0 Å². The third kappa shape index (κ3) is 5.13. The number of carbonyl (C=O) groups is 2. The van der Waals surface area contributed by atoms with Gasteiger partial charge in [-0.05, 0) is 30.3 Å². The smallest absolute Gasteiger partial charge is 0.387 e. The summed E-state index contributed by atoms with van der Waals surface area (Å²) in [5.74, 6) is -2.16. The molecule has 6 nitrogen and oxygen atoms in total. The van der Waals surface area contributed by atoms with E-state index in [9.17, 15) is 22.8 Å². The van der Waals surface area contributed by atoms with E-state index in [2.05, 4.69) is 20.1 Å². The van der Waals surface area contributed by atoms with Gasteiger partial charge in [-0.15, -0.1) is 0 Å². The number of rotatable bonds is 7. The van der Waals surface area contributed by atoms with Crippen molar-refractivity contribution in [1.82, 2.24) is 0 Å². The number of hydrogen-bond donors (Lipinski definition) is 2. The Balaban J connectivity index is 2.03. The topological polar surface area (TPSA) is 76.7 Å². The Labute approximate surface area is 146 Å². The largest absolute Gasteiger partial charge is 0.465 e. The van der Waals surface area contributed by atoms with Gasteiger partial charge in [0.05, 0.1) is 30.6 Å². The summed E-state index contributed by atoms with van der Waals surface area (Å²) >= 11 is 0. The highest BCUT2D eigenvalue weighted by atomic mass is 19.3. The number of para-hydroxylation sites is 2. The van der Waals surface area contributed by atoms with Crippen LogP contribution in [0.4, 0.5) is 24.5 Å². The van der Waals surface area contributed by atoms with Crippen molar-refractivity contribution in [3.05, 3.63) is 53.8 Å². The van der Waals surface area contributed by atoms with E-state index in [-0.39, 0.29) is 29.2 Å². The van der Waals surface area contributed by atoms with Crippen LogP contribution in [0.25, 0.3) is 0 Å². The molecule has 0 aliphatic heterocycles. The van der Waals surface area contributed by atoms with Crippen LogP contribution in [0, 0.1) is 5.82 Å². The van der Waals surface area contributed by atoms with Crippen LogP contribution in [0.5, 0.6) is 5.75 Å². The van der Waals surface area contributed by atoms with Gasteiger partial charge in [0.1, 0.15) is 11.6 Å². The van der Waals surface area contributed by atoms with Crippen molar-refractivity contribution in [3.8, 4) is 5.75 Å². The molecule has 0 unspecified atom stereocenters. The van der Waals surface area contributed by atoms with Crippen molar-refractivity contribution < 1.29 is 32.2 Å². The van der Waals surface area contributed by atoms with Crippen molar-refractivity contribution >= 4 is 23.3 Å². The van der Waals surface area contributed by atoms with Crippen LogP contribution >= 0.6 is 0 Å². The number of alkyl halides is 2. The second-order valence-electron chi connectivity index (χ2n) is 4.96. The number of amides is 1. The zero-order valence-electron chi connectivity index (χ0n) is 13.6. The molecule has 0 atom stereocenters. The van der Waals surface area contributed by atoms with Gasteiger partial charge in [-0.3, -0.25) is 4.79 Å². The van der Waals surface area contributed by atoms with E-state index in [1.807, 2.05) is 0 Å². The summed E-state index contributed by atoms with van der Waals surface area (Å²) < 4.78 is 47.3. The third-order valence-corrected chi connectivity index (χ3v) is 3.20. The Morgan fingerprint density at radius 1 is 1.12 bits per heavy atom. The van der Waals surface area contributed by atoms with Gasteiger partial charge >= 0.3 is 12.6 Å². The number of hydrogen-bond acceptors (Lipinski definition) is 5. The molecule has 0 bridgehead atoms. The van der Waals surface area contributed by atoms with Crippen molar-refractivity contribution in [3.63, 3.8) is 0 Å². The second kappa shape index (κ2) is 8.75. The molecule has 2 rings (SSSR count). The average molecular weight is 368 g/mol. The van der Waals surface area contributed by atoms with Gasteiger partial charge in [-0.25, -0.2) is 9.18 Å². The van der Waals surface area contributed by atoms with Crippen LogP contribution in [0.1, 0.15) is 10.4 Å². The highest BCUT2D eigenvalue weighted by Gasteiger charge is 2.13. The van der Waals surface area contributed by atoms with Crippen LogP contribution in [0.3, 0.4) is 0 Å². The van der Waals surface area contributed by atoms with Crippen molar-refractivity contribution in [1.29, 1.82) is 0 Å². The predicted octanol–water partition coefficient (Wildman–Crippen LogP) is 3.26. The zero-order valence-corrected chi connectivity index (χ0v) is 13.6. The van der Waals surface area contributed by atoms with Crippen LogP contribution < -0.4 is 15.4 Å². The number of esters is 1. The molecule has 0 heterocycles. The van der Waals surface area contributed by atoms with Crippen LogP contribution in [-0.2, 0) is 9.53 Å². The number of benzene rings is 2. The molecule has 0 saturated carbocycles. The van der Waals surface area contributed by atoms with Crippen molar-refractivity contribution in [2.24, 2.45) is 0 Å². The molecule has 138 valence electrons. The number of halogens is 3. The van der Waals surface area contributed by atoms with Gasteiger partial charge in [0.25, 0.3) is 0 Å². The van der Waals surface area contributed by atoms with E-state index in [4.69, 9.17) is 0 Å². The van der Waals surface area contributed by atoms with E-state index in [1.165, 1.54) is 43.5 Å². The summed E-state index contributed by atoms with van der Waals surface area (Å²) in [4.78, 5) is 23.4. The van der Waals surface area contributed by atoms with E-state index >= 15 is 0 Å². The molecule has 0 radical (unpaired) electrons. The van der Waals surface area contributed by atoms with Gasteiger partial charge in [-0.2, -0.15) is 8.78 Å². The molecule has 0 aliphatic carbocycles. The molecule has 0 aliphatic rings. The monoisotopic (exact) mass is 368 g/mol. The third-order valence-electron chi connectivity index (χ3n) is 3.20. The fourth-order valence-electron chi connectivity index (χ4n) is 2.04. The molecule has 2 aromatic carbocycles. The quantitative estimate of drug-likeness (QED) is 0.734. The molecular weight excluding hydrogens is 353 g/mol. The Kier molecular flexibility index (Phi) is 6.42. The minimum atomic E-state index is -3.04. The summed E-state index contributed by atoms with van der Waals surface area (Å²) in [5, 5.41) is 4.91. The first-order valence-corrected chi connectivity index (χ1v) is 7.36. The van der Waals surface area contributed by atoms with E-state index < -0.39 is 24.3 Å². The predicted molar refractivity (Wildman–Crippen MR) is 87.9 cm³/mol.